The maximum Gasteiger partial charge on any atom is 0.435 e. The Hall–Kier alpha value is -5.46. The first-order valence-electron chi connectivity index (χ1n) is 17.2. The lowest BCUT2D eigenvalue weighted by Crippen LogP contribution is -2.41. The maximum absolute atomic E-state index is 14.3. The topological polar surface area (TPSA) is 142 Å². The van der Waals surface area contributed by atoms with Crippen molar-refractivity contribution in [1.29, 1.82) is 0 Å². The highest BCUT2D eigenvalue weighted by Gasteiger charge is 2.68. The number of hydrogen-bond acceptors (Lipinski definition) is 10. The summed E-state index contributed by atoms with van der Waals surface area (Å²) in [6, 6.07) is 12.5. The van der Waals surface area contributed by atoms with Gasteiger partial charge >= 0.3 is 12.2 Å². The molecule has 2 aromatic carbocycles. The molecule has 274 valence electrons. The van der Waals surface area contributed by atoms with Gasteiger partial charge in [-0.25, -0.2) is 14.5 Å². The summed E-state index contributed by atoms with van der Waals surface area (Å²) in [7, 11) is 4.88. The van der Waals surface area contributed by atoms with Crippen molar-refractivity contribution in [2.75, 3.05) is 32.7 Å². The number of benzene rings is 2. The number of carbonyl (C=O) groups is 4. The number of anilines is 1. The molecular formula is C39H45N5O8. The largest absolute Gasteiger partial charge is 0.497 e. The van der Waals surface area contributed by atoms with Crippen LogP contribution in [0.4, 0.5) is 15.3 Å². The Morgan fingerprint density at radius 3 is 2.27 bits per heavy atom. The SMILES string of the molecule is CCOc1cc(C(=O)N(C)C)cnc1Cc1nn(C(=O)OC(C)(C)C)c2cc([C@@H]3C[C@@]34C(=O)N(C(=O)OC(C)(C)C)c3ccc(OC)cc34)ccc12. The highest BCUT2D eigenvalue weighted by molar-refractivity contribution is 6.23. The van der Waals surface area contributed by atoms with Crippen LogP contribution in [-0.4, -0.2) is 82.7 Å². The highest BCUT2D eigenvalue weighted by atomic mass is 16.6. The van der Waals surface area contributed by atoms with Crippen LogP contribution in [0, 0.1) is 0 Å². The normalized spacial score (nSPS) is 18.0. The minimum Gasteiger partial charge on any atom is -0.497 e. The number of fused-ring (bicyclic) bond motifs is 3. The molecule has 13 nitrogen and oxygen atoms in total. The summed E-state index contributed by atoms with van der Waals surface area (Å²) in [5.74, 6) is 0.101. The predicted octanol–water partition coefficient (Wildman–Crippen LogP) is 6.62. The summed E-state index contributed by atoms with van der Waals surface area (Å²) in [5.41, 5.74) is 1.25. The van der Waals surface area contributed by atoms with Crippen LogP contribution in [0.5, 0.6) is 11.5 Å². The van der Waals surface area contributed by atoms with Crippen LogP contribution in [0.2, 0.25) is 0 Å². The quantitative estimate of drug-likeness (QED) is 0.205. The van der Waals surface area contributed by atoms with Crippen LogP contribution in [0.3, 0.4) is 0 Å². The molecule has 1 aliphatic carbocycles. The molecule has 0 saturated heterocycles. The average Bonchev–Trinajstić information content (AvgIpc) is 3.65. The van der Waals surface area contributed by atoms with Crippen LogP contribution in [-0.2, 0) is 26.1 Å². The van der Waals surface area contributed by atoms with E-state index in [1.165, 1.54) is 15.8 Å². The Morgan fingerprint density at radius 1 is 0.942 bits per heavy atom. The van der Waals surface area contributed by atoms with Gasteiger partial charge in [-0.3, -0.25) is 14.6 Å². The minimum absolute atomic E-state index is 0.196. The fourth-order valence-electron chi connectivity index (χ4n) is 6.71. The van der Waals surface area contributed by atoms with E-state index >= 15 is 0 Å². The summed E-state index contributed by atoms with van der Waals surface area (Å²) in [6.45, 7) is 12.8. The lowest BCUT2D eigenvalue weighted by molar-refractivity contribution is -0.120. The summed E-state index contributed by atoms with van der Waals surface area (Å²) < 4.78 is 24.0. The zero-order valence-corrected chi connectivity index (χ0v) is 31.3. The zero-order chi connectivity index (χ0) is 37.9. The van der Waals surface area contributed by atoms with Gasteiger partial charge < -0.3 is 23.8 Å². The van der Waals surface area contributed by atoms with E-state index < -0.39 is 28.8 Å². The van der Waals surface area contributed by atoms with Gasteiger partial charge in [-0.2, -0.15) is 9.78 Å². The Bertz CT molecular complexity index is 2110. The molecule has 13 heteroatoms. The highest BCUT2D eigenvalue weighted by Crippen LogP contribution is 2.67. The van der Waals surface area contributed by atoms with Crippen molar-refractivity contribution in [3.8, 4) is 11.5 Å². The number of carbonyl (C=O) groups excluding carboxylic acids is 4. The fourth-order valence-corrected chi connectivity index (χ4v) is 6.71. The molecule has 0 unspecified atom stereocenters. The Morgan fingerprint density at radius 2 is 1.63 bits per heavy atom. The van der Waals surface area contributed by atoms with Crippen LogP contribution in [0.25, 0.3) is 10.9 Å². The van der Waals surface area contributed by atoms with Crippen LogP contribution in [0.1, 0.15) is 93.7 Å². The molecule has 2 atom stereocenters. The third kappa shape index (κ3) is 6.55. The second kappa shape index (κ2) is 12.9. The molecule has 0 bridgehead atoms. The lowest BCUT2D eigenvalue weighted by atomic mass is 9.91. The van der Waals surface area contributed by atoms with Gasteiger partial charge in [0.05, 0.1) is 47.3 Å². The van der Waals surface area contributed by atoms with Gasteiger partial charge in [-0.1, -0.05) is 12.1 Å². The molecule has 0 radical (unpaired) electrons. The smallest absolute Gasteiger partial charge is 0.435 e. The molecule has 1 saturated carbocycles. The van der Waals surface area contributed by atoms with Crippen molar-refractivity contribution in [1.82, 2.24) is 19.7 Å². The molecule has 3 heterocycles. The van der Waals surface area contributed by atoms with Crippen molar-refractivity contribution in [3.63, 3.8) is 0 Å². The molecule has 2 aliphatic rings. The molecule has 1 spiro atoms. The molecular weight excluding hydrogens is 666 g/mol. The second-order valence-corrected chi connectivity index (χ2v) is 15.3. The van der Waals surface area contributed by atoms with Gasteiger partial charge in [0.2, 0.25) is 5.91 Å². The van der Waals surface area contributed by atoms with Gasteiger partial charge in [-0.05, 0) is 96.3 Å². The number of hydrogen-bond donors (Lipinski definition) is 0. The van der Waals surface area contributed by atoms with E-state index in [-0.39, 0.29) is 24.2 Å². The Labute approximate surface area is 302 Å². The Kier molecular flexibility index (Phi) is 9.05. The Balaban J connectivity index is 1.42. The van der Waals surface area contributed by atoms with E-state index in [0.717, 1.165) is 10.5 Å². The first-order valence-corrected chi connectivity index (χ1v) is 17.2. The molecule has 3 amide bonds. The van der Waals surface area contributed by atoms with E-state index in [2.05, 4.69) is 4.98 Å². The average molecular weight is 712 g/mol. The number of rotatable bonds is 7. The van der Waals surface area contributed by atoms with Gasteiger partial charge in [-0.15, -0.1) is 0 Å². The number of methoxy groups -OCH3 is 1. The minimum atomic E-state index is -1.03. The number of nitrogens with zero attached hydrogens (tertiary/aromatic N) is 5. The van der Waals surface area contributed by atoms with Crippen molar-refractivity contribution < 1.29 is 38.1 Å². The lowest BCUT2D eigenvalue weighted by Gasteiger charge is -2.24. The van der Waals surface area contributed by atoms with Crippen molar-refractivity contribution in [3.05, 3.63) is 76.7 Å². The summed E-state index contributed by atoms with van der Waals surface area (Å²) in [5, 5.41) is 5.40. The van der Waals surface area contributed by atoms with Crippen molar-refractivity contribution in [2.24, 2.45) is 0 Å². The van der Waals surface area contributed by atoms with E-state index in [4.69, 9.17) is 24.0 Å². The molecule has 2 aromatic heterocycles. The summed E-state index contributed by atoms with van der Waals surface area (Å²) in [6.07, 6.45) is 0.725. The maximum atomic E-state index is 14.3. The number of ether oxygens (including phenoxy) is 4. The van der Waals surface area contributed by atoms with Gasteiger partial charge in [0.25, 0.3) is 5.91 Å². The van der Waals surface area contributed by atoms with Crippen LogP contribution in [0.15, 0.2) is 48.7 Å². The van der Waals surface area contributed by atoms with Crippen LogP contribution >= 0.6 is 0 Å². The standard InChI is InChI=1S/C39H45N5O8/c1-11-50-32-17-23(33(45)42(8)9)21-40-29(32)19-28-25-14-12-22(16-31(25)44(41-28)36(48)52-38(5,6)7)27-20-39(27)26-18-24(49-10)13-15-30(26)43(34(39)46)35(47)51-37(2,3)4/h12-18,21,27H,11,19-20H2,1-10H3/t27-,39-/m0/s1. The van der Waals surface area contributed by atoms with Crippen molar-refractivity contribution >= 4 is 40.6 Å². The molecule has 4 aromatic rings. The fraction of sp³-hybridized carbons (Fsp3) is 0.436. The summed E-state index contributed by atoms with van der Waals surface area (Å²) >= 11 is 0. The first-order chi connectivity index (χ1) is 24.4. The van der Waals surface area contributed by atoms with Crippen molar-refractivity contribution in [2.45, 2.75) is 83.8 Å². The molecule has 1 aliphatic heterocycles. The van der Waals surface area contributed by atoms with Gasteiger partial charge in [0.1, 0.15) is 22.7 Å². The van der Waals surface area contributed by atoms with Crippen LogP contribution < -0.4 is 14.4 Å². The van der Waals surface area contributed by atoms with E-state index in [9.17, 15) is 19.2 Å². The zero-order valence-electron chi connectivity index (χ0n) is 31.3. The second-order valence-electron chi connectivity index (χ2n) is 15.3. The monoisotopic (exact) mass is 711 g/mol. The number of aromatic nitrogens is 3. The number of imide groups is 1. The molecule has 0 N–H and O–H groups in total. The molecule has 6 rings (SSSR count). The third-order valence-electron chi connectivity index (χ3n) is 9.02. The third-order valence-corrected chi connectivity index (χ3v) is 9.02. The van der Waals surface area contributed by atoms with E-state index in [0.29, 0.717) is 63.6 Å². The van der Waals surface area contributed by atoms with E-state index in [1.54, 1.807) is 87.0 Å². The molecule has 52 heavy (non-hydrogen) atoms. The summed E-state index contributed by atoms with van der Waals surface area (Å²) in [4.78, 5) is 61.2. The predicted molar refractivity (Wildman–Crippen MR) is 193 cm³/mol. The number of pyridine rings is 1. The van der Waals surface area contributed by atoms with E-state index in [1.807, 2.05) is 25.1 Å². The number of amides is 3. The molecule has 1 fully saturated rings. The van der Waals surface area contributed by atoms with Gasteiger partial charge in [0.15, 0.2) is 0 Å². The van der Waals surface area contributed by atoms with Gasteiger partial charge in [0, 0.05) is 38.0 Å². The first kappa shape index (κ1) is 36.3.